The van der Waals surface area contributed by atoms with Gasteiger partial charge in [0.1, 0.15) is 0 Å². The monoisotopic (exact) mass is 507 g/mol. The number of urea groups is 1. The quantitative estimate of drug-likeness (QED) is 0.325. The number of carbonyl (C=O) groups excluding carboxylic acids is 1. The van der Waals surface area contributed by atoms with E-state index in [1.165, 1.54) is 0 Å². The molecule has 0 saturated heterocycles. The third-order valence-corrected chi connectivity index (χ3v) is 6.89. The molecule has 4 rings (SSSR count). The van der Waals surface area contributed by atoms with Crippen molar-refractivity contribution in [2.24, 2.45) is 0 Å². The number of amides is 2. The molecule has 1 heterocycles. The molecule has 7 heteroatoms. The number of methoxy groups -OCH3 is 1. The number of carbonyl (C=O) groups is 1. The van der Waals surface area contributed by atoms with Crippen LogP contribution >= 0.6 is 11.6 Å². The first kappa shape index (κ1) is 25.7. The van der Waals surface area contributed by atoms with Crippen molar-refractivity contribution >= 4 is 34.7 Å². The molecule has 0 aromatic heterocycles. The van der Waals surface area contributed by atoms with E-state index in [0.29, 0.717) is 23.1 Å². The van der Waals surface area contributed by atoms with Crippen molar-refractivity contribution in [2.75, 3.05) is 42.4 Å². The number of ether oxygens (including phenoxy) is 2. The van der Waals surface area contributed by atoms with Gasteiger partial charge in [-0.15, -0.1) is 0 Å². The van der Waals surface area contributed by atoms with E-state index in [9.17, 15) is 4.79 Å². The highest BCUT2D eigenvalue weighted by atomic mass is 35.5. The van der Waals surface area contributed by atoms with E-state index in [4.69, 9.17) is 21.1 Å². The minimum atomic E-state index is -0.372. The molecule has 1 aliphatic rings. The Bertz CT molecular complexity index is 1210. The molecule has 0 N–H and O–H groups in total. The van der Waals surface area contributed by atoms with Crippen molar-refractivity contribution in [3.8, 4) is 11.5 Å². The largest absolute Gasteiger partial charge is 0.493 e. The Kier molecular flexibility index (Phi) is 7.65. The predicted octanol–water partition coefficient (Wildman–Crippen LogP) is 7.15. The molecular formula is C29H34ClN3O3. The van der Waals surface area contributed by atoms with Crippen molar-refractivity contribution in [1.82, 2.24) is 0 Å². The van der Waals surface area contributed by atoms with Gasteiger partial charge in [0.25, 0.3) is 0 Å². The maximum Gasteiger partial charge on any atom is 0.329 e. The normalized spacial score (nSPS) is 16.0. The molecule has 6 nitrogen and oxygen atoms in total. The Morgan fingerprint density at radius 1 is 1.00 bits per heavy atom. The van der Waals surface area contributed by atoms with Crippen molar-refractivity contribution < 1.29 is 14.3 Å². The molecule has 1 unspecified atom stereocenters. The summed E-state index contributed by atoms with van der Waals surface area (Å²) in [4.78, 5) is 19.7. The first-order valence-electron chi connectivity index (χ1n) is 12.3. The lowest BCUT2D eigenvalue weighted by Gasteiger charge is -2.43. The van der Waals surface area contributed by atoms with Crippen LogP contribution in [0.5, 0.6) is 11.5 Å². The minimum Gasteiger partial charge on any atom is -0.493 e. The lowest BCUT2D eigenvalue weighted by molar-refractivity contribution is 0.207. The van der Waals surface area contributed by atoms with E-state index in [2.05, 4.69) is 6.92 Å². The van der Waals surface area contributed by atoms with Crippen LogP contribution in [0.2, 0.25) is 5.02 Å². The Hall–Kier alpha value is -3.38. The molecule has 0 saturated carbocycles. The lowest BCUT2D eigenvalue weighted by atomic mass is 9.92. The average Bonchev–Trinajstić information content (AvgIpc) is 2.88. The van der Waals surface area contributed by atoms with Gasteiger partial charge >= 0.3 is 6.03 Å². The van der Waals surface area contributed by atoms with Crippen molar-refractivity contribution in [1.29, 1.82) is 0 Å². The molecular weight excluding hydrogens is 474 g/mol. The molecule has 36 heavy (non-hydrogen) atoms. The second-order valence-corrected chi connectivity index (χ2v) is 9.60. The van der Waals surface area contributed by atoms with Crippen LogP contribution in [0.25, 0.3) is 0 Å². The Morgan fingerprint density at radius 3 is 2.22 bits per heavy atom. The average molecular weight is 508 g/mol. The summed E-state index contributed by atoms with van der Waals surface area (Å²) in [5.74, 6) is 1.27. The van der Waals surface area contributed by atoms with Gasteiger partial charge < -0.3 is 14.4 Å². The van der Waals surface area contributed by atoms with E-state index < -0.39 is 0 Å². The molecule has 0 aliphatic carbocycles. The van der Waals surface area contributed by atoms with Crippen LogP contribution in [0, 0.1) is 0 Å². The number of fused-ring (bicyclic) bond motifs is 1. The number of benzene rings is 3. The molecule has 0 bridgehead atoms. The maximum atomic E-state index is 14.0. The summed E-state index contributed by atoms with van der Waals surface area (Å²) in [6, 6.07) is 19.2. The van der Waals surface area contributed by atoms with Gasteiger partial charge in [-0.05, 0) is 68.3 Å². The van der Waals surface area contributed by atoms with Crippen molar-refractivity contribution in [2.45, 2.75) is 39.3 Å². The smallest absolute Gasteiger partial charge is 0.329 e. The van der Waals surface area contributed by atoms with E-state index in [-0.39, 0.29) is 18.2 Å². The van der Waals surface area contributed by atoms with E-state index in [0.717, 1.165) is 34.6 Å². The summed E-state index contributed by atoms with van der Waals surface area (Å²) in [6.45, 7) is 6.62. The van der Waals surface area contributed by atoms with Gasteiger partial charge in [-0.25, -0.2) is 4.79 Å². The highest BCUT2D eigenvalue weighted by Crippen LogP contribution is 2.47. The van der Waals surface area contributed by atoms with E-state index in [1.807, 2.05) is 98.4 Å². The van der Waals surface area contributed by atoms with Gasteiger partial charge in [0.15, 0.2) is 11.5 Å². The van der Waals surface area contributed by atoms with Crippen molar-refractivity contribution in [3.05, 3.63) is 76.8 Å². The van der Waals surface area contributed by atoms with Gasteiger partial charge in [-0.1, -0.05) is 30.7 Å². The zero-order valence-corrected chi connectivity index (χ0v) is 22.5. The fourth-order valence-electron chi connectivity index (χ4n) is 4.50. The molecule has 0 spiro atoms. The Labute approximate surface area is 219 Å². The lowest BCUT2D eigenvalue weighted by Crippen LogP contribution is -2.50. The molecule has 1 aliphatic heterocycles. The summed E-state index contributed by atoms with van der Waals surface area (Å²) in [7, 11) is 5.62. The van der Waals surface area contributed by atoms with Crippen LogP contribution in [-0.4, -0.2) is 39.9 Å². The molecule has 0 fully saturated rings. The summed E-state index contributed by atoms with van der Waals surface area (Å²) < 4.78 is 12.0. The number of halogens is 1. The fourth-order valence-corrected chi connectivity index (χ4v) is 4.63. The highest BCUT2D eigenvalue weighted by molar-refractivity contribution is 6.30. The first-order valence-corrected chi connectivity index (χ1v) is 12.7. The third-order valence-electron chi connectivity index (χ3n) is 6.64. The molecule has 3 aromatic rings. The van der Waals surface area contributed by atoms with Crippen LogP contribution in [-0.2, 0) is 0 Å². The van der Waals surface area contributed by atoms with E-state index in [1.54, 1.807) is 12.0 Å². The van der Waals surface area contributed by atoms with Crippen LogP contribution < -0.4 is 24.2 Å². The Morgan fingerprint density at radius 2 is 1.67 bits per heavy atom. The van der Waals surface area contributed by atoms with Crippen molar-refractivity contribution in [3.63, 3.8) is 0 Å². The van der Waals surface area contributed by atoms with Gasteiger partial charge in [0.05, 0.1) is 24.9 Å². The number of hydrogen-bond donors (Lipinski definition) is 0. The van der Waals surface area contributed by atoms with E-state index >= 15 is 0 Å². The predicted molar refractivity (Wildman–Crippen MR) is 148 cm³/mol. The van der Waals surface area contributed by atoms with Crippen LogP contribution in [0.1, 0.15) is 44.4 Å². The topological polar surface area (TPSA) is 45.3 Å². The standard InChI is InChI=1S/C29H34ClN3O3/c1-7-19(3)36-27-17-24-25(18-26(27)35-6)32(8-2)29(34)33(23-15-13-22(14-16-23)31(4)5)28(24)20-9-11-21(30)12-10-20/h9-19,28H,7-8H2,1-6H3/t19-,28?/m1/s1. The second-order valence-electron chi connectivity index (χ2n) is 9.16. The zero-order valence-electron chi connectivity index (χ0n) is 21.8. The number of hydrogen-bond acceptors (Lipinski definition) is 4. The summed E-state index contributed by atoms with van der Waals surface area (Å²) >= 11 is 6.23. The summed E-state index contributed by atoms with van der Waals surface area (Å²) in [5.41, 5.74) is 4.62. The molecule has 3 aromatic carbocycles. The summed E-state index contributed by atoms with van der Waals surface area (Å²) in [6.07, 6.45) is 0.887. The molecule has 2 atom stereocenters. The molecule has 190 valence electrons. The third kappa shape index (κ3) is 4.82. The van der Waals surface area contributed by atoms with Crippen LogP contribution in [0.15, 0.2) is 60.7 Å². The molecule has 0 radical (unpaired) electrons. The van der Waals surface area contributed by atoms with Gasteiger partial charge in [0.2, 0.25) is 0 Å². The SMILES string of the molecule is CC[C@@H](C)Oc1cc2c(cc1OC)N(CC)C(=O)N(c1ccc(N(C)C)cc1)C2c1ccc(Cl)cc1. The maximum absolute atomic E-state index is 14.0. The summed E-state index contributed by atoms with van der Waals surface area (Å²) in [5, 5.41) is 0.647. The number of nitrogens with zero attached hydrogens (tertiary/aromatic N) is 3. The second kappa shape index (κ2) is 10.7. The minimum absolute atomic E-state index is 0.0214. The first-order chi connectivity index (χ1) is 17.3. The zero-order chi connectivity index (χ0) is 26.0. The number of rotatable bonds is 8. The van der Waals surface area contributed by atoms with Crippen LogP contribution in [0.3, 0.4) is 0 Å². The highest BCUT2D eigenvalue weighted by Gasteiger charge is 2.40. The van der Waals surface area contributed by atoms with Gasteiger partial charge in [-0.3, -0.25) is 9.80 Å². The van der Waals surface area contributed by atoms with Crippen LogP contribution in [0.4, 0.5) is 21.9 Å². The fraction of sp³-hybridized carbons (Fsp3) is 0.345. The Balaban J connectivity index is 1.95. The number of anilines is 3. The molecule has 2 amide bonds. The van der Waals surface area contributed by atoms with Gasteiger partial charge in [-0.2, -0.15) is 0 Å². The van der Waals surface area contributed by atoms with Gasteiger partial charge in [0, 0.05) is 48.7 Å².